The Morgan fingerprint density at radius 1 is 1.11 bits per heavy atom. The number of carbonyl (C=O) groups is 2. The molecule has 4 rings (SSSR count). The Morgan fingerprint density at radius 2 is 1.86 bits per heavy atom. The van der Waals surface area contributed by atoms with Gasteiger partial charge < -0.3 is 20.1 Å². The number of piperidine rings is 1. The van der Waals surface area contributed by atoms with Crippen LogP contribution in [0.2, 0.25) is 0 Å². The van der Waals surface area contributed by atoms with Crippen LogP contribution in [0.4, 0.5) is 13.2 Å². The molecule has 2 aromatic carbocycles. The Kier molecular flexibility index (Phi) is 6.94. The minimum Gasteiger partial charge on any atom is -0.508 e. The summed E-state index contributed by atoms with van der Waals surface area (Å²) >= 11 is 0. The van der Waals surface area contributed by atoms with Crippen molar-refractivity contribution in [1.29, 1.82) is 0 Å². The predicted molar refractivity (Wildman–Crippen MR) is 120 cm³/mol. The van der Waals surface area contributed by atoms with E-state index in [1.54, 1.807) is 17.0 Å². The van der Waals surface area contributed by atoms with Crippen molar-refractivity contribution in [2.45, 2.75) is 25.1 Å². The Hall–Kier alpha value is -4.02. The minimum absolute atomic E-state index is 0.0812. The number of aromatic nitrogens is 2. The average Bonchev–Trinajstić information content (AvgIpc) is 3.33. The highest BCUT2D eigenvalue weighted by molar-refractivity contribution is 5.95. The third kappa shape index (κ3) is 6.11. The van der Waals surface area contributed by atoms with E-state index in [2.05, 4.69) is 15.5 Å². The fourth-order valence-corrected chi connectivity index (χ4v) is 3.78. The van der Waals surface area contributed by atoms with Gasteiger partial charge >= 0.3 is 6.18 Å². The van der Waals surface area contributed by atoms with E-state index in [9.17, 15) is 27.9 Å². The number of nitrogens with zero attached hydrogens (tertiary/aromatic N) is 2. The summed E-state index contributed by atoms with van der Waals surface area (Å²) in [5.74, 6) is -0.581. The molecule has 0 bridgehead atoms. The molecule has 2 heterocycles. The smallest absolute Gasteiger partial charge is 0.416 e. The predicted octanol–water partition coefficient (Wildman–Crippen LogP) is 3.60. The summed E-state index contributed by atoms with van der Waals surface area (Å²) in [6.45, 7) is 0.511. The van der Waals surface area contributed by atoms with Gasteiger partial charge in [0, 0.05) is 31.5 Å². The third-order valence-electron chi connectivity index (χ3n) is 5.63. The second kappa shape index (κ2) is 10.1. The zero-order chi connectivity index (χ0) is 25.0. The first-order valence-corrected chi connectivity index (χ1v) is 10.9. The zero-order valence-electron chi connectivity index (χ0n) is 18.5. The van der Waals surface area contributed by atoms with Crippen LogP contribution in [0.1, 0.15) is 28.9 Å². The Labute approximate surface area is 198 Å². The molecule has 1 fully saturated rings. The van der Waals surface area contributed by atoms with Crippen molar-refractivity contribution in [1.82, 2.24) is 20.4 Å². The van der Waals surface area contributed by atoms with Gasteiger partial charge in [-0.3, -0.25) is 14.7 Å². The molecule has 1 aromatic heterocycles. The Balaban J connectivity index is 1.24. The zero-order valence-corrected chi connectivity index (χ0v) is 18.5. The quantitative estimate of drug-likeness (QED) is 0.492. The Morgan fingerprint density at radius 3 is 2.57 bits per heavy atom. The SMILES string of the molecule is O=C(NCC(=O)N1CCC(Oc2cccc(C(F)(F)F)c2)CC1)c1cc(-c2cccc(O)c2)[nH]n1. The van der Waals surface area contributed by atoms with Gasteiger partial charge in [0.15, 0.2) is 5.69 Å². The largest absolute Gasteiger partial charge is 0.508 e. The van der Waals surface area contributed by atoms with Gasteiger partial charge in [0.1, 0.15) is 17.6 Å². The number of rotatable bonds is 6. The molecule has 1 aliphatic rings. The van der Waals surface area contributed by atoms with E-state index in [0.717, 1.165) is 12.1 Å². The van der Waals surface area contributed by atoms with Gasteiger partial charge in [-0.1, -0.05) is 18.2 Å². The molecular weight excluding hydrogens is 465 g/mol. The first-order valence-electron chi connectivity index (χ1n) is 10.9. The summed E-state index contributed by atoms with van der Waals surface area (Å²) in [6, 6.07) is 12.7. The molecule has 2 amide bonds. The summed E-state index contributed by atoms with van der Waals surface area (Å²) in [7, 11) is 0. The number of aromatic amines is 1. The van der Waals surface area contributed by atoms with Crippen LogP contribution in [-0.2, 0) is 11.0 Å². The molecule has 0 aliphatic carbocycles. The van der Waals surface area contributed by atoms with Crippen molar-refractivity contribution in [3.05, 3.63) is 65.9 Å². The Bertz CT molecular complexity index is 1200. The molecule has 35 heavy (non-hydrogen) atoms. The highest BCUT2D eigenvalue weighted by Gasteiger charge is 2.31. The van der Waals surface area contributed by atoms with Crippen LogP contribution < -0.4 is 10.1 Å². The standard InChI is InChI=1S/C24H23F3N4O4/c25-24(26,27)16-4-2-6-19(12-16)35-18-7-9-31(10-8-18)22(33)14-28-23(34)21-13-20(29-30-21)15-3-1-5-17(32)11-15/h1-6,11-13,18,32H,7-10,14H2,(H,28,34)(H,29,30). The maximum absolute atomic E-state index is 12.9. The average molecular weight is 488 g/mol. The van der Waals surface area contributed by atoms with E-state index in [1.165, 1.54) is 30.3 Å². The number of alkyl halides is 3. The summed E-state index contributed by atoms with van der Waals surface area (Å²) < 4.78 is 44.3. The van der Waals surface area contributed by atoms with Gasteiger partial charge in [-0.05, 0) is 36.4 Å². The molecule has 0 spiro atoms. The highest BCUT2D eigenvalue weighted by atomic mass is 19.4. The molecule has 0 saturated carbocycles. The summed E-state index contributed by atoms with van der Waals surface area (Å²) in [6.07, 6.45) is -3.83. The number of phenolic OH excluding ortho intramolecular Hbond substituents is 1. The van der Waals surface area contributed by atoms with Crippen LogP contribution in [0.15, 0.2) is 54.6 Å². The van der Waals surface area contributed by atoms with Crippen molar-refractivity contribution in [2.75, 3.05) is 19.6 Å². The first kappa shape index (κ1) is 24.1. The number of amides is 2. The molecule has 3 aromatic rings. The third-order valence-corrected chi connectivity index (χ3v) is 5.63. The number of carbonyl (C=O) groups excluding carboxylic acids is 2. The number of nitrogens with one attached hydrogen (secondary N) is 2. The van der Waals surface area contributed by atoms with Gasteiger partial charge in [0.05, 0.1) is 17.8 Å². The van der Waals surface area contributed by atoms with E-state index >= 15 is 0 Å². The monoisotopic (exact) mass is 488 g/mol. The highest BCUT2D eigenvalue weighted by Crippen LogP contribution is 2.32. The van der Waals surface area contributed by atoms with Crippen LogP contribution in [-0.4, -0.2) is 57.8 Å². The van der Waals surface area contributed by atoms with Crippen molar-refractivity contribution in [2.24, 2.45) is 0 Å². The number of H-pyrrole nitrogens is 1. The molecule has 1 saturated heterocycles. The topological polar surface area (TPSA) is 108 Å². The van der Waals surface area contributed by atoms with Gasteiger partial charge in [0.25, 0.3) is 5.91 Å². The van der Waals surface area contributed by atoms with Crippen molar-refractivity contribution < 1.29 is 32.6 Å². The fraction of sp³-hybridized carbons (Fsp3) is 0.292. The van der Waals surface area contributed by atoms with Gasteiger partial charge in [-0.2, -0.15) is 18.3 Å². The summed E-state index contributed by atoms with van der Waals surface area (Å²) in [5.41, 5.74) is 0.525. The lowest BCUT2D eigenvalue weighted by atomic mass is 10.1. The first-order chi connectivity index (χ1) is 16.7. The number of aromatic hydroxyl groups is 1. The fourth-order valence-electron chi connectivity index (χ4n) is 3.78. The van der Waals surface area contributed by atoms with E-state index in [-0.39, 0.29) is 35.7 Å². The number of hydrogen-bond donors (Lipinski definition) is 3. The lowest BCUT2D eigenvalue weighted by Crippen LogP contribution is -2.46. The van der Waals surface area contributed by atoms with Gasteiger partial charge in [0.2, 0.25) is 5.91 Å². The lowest BCUT2D eigenvalue weighted by Gasteiger charge is -2.32. The number of phenols is 1. The summed E-state index contributed by atoms with van der Waals surface area (Å²) in [5, 5.41) is 18.8. The second-order valence-corrected chi connectivity index (χ2v) is 8.12. The van der Waals surface area contributed by atoms with Gasteiger partial charge in [-0.15, -0.1) is 0 Å². The summed E-state index contributed by atoms with van der Waals surface area (Å²) in [4.78, 5) is 26.5. The molecule has 8 nitrogen and oxygen atoms in total. The molecule has 0 unspecified atom stereocenters. The van der Waals surface area contributed by atoms with Crippen molar-refractivity contribution >= 4 is 11.8 Å². The van der Waals surface area contributed by atoms with E-state index < -0.39 is 17.6 Å². The van der Waals surface area contributed by atoms with E-state index in [1.807, 2.05) is 0 Å². The number of likely N-dealkylation sites (tertiary alicyclic amines) is 1. The molecule has 0 atom stereocenters. The van der Waals surface area contributed by atoms with Crippen LogP contribution >= 0.6 is 0 Å². The maximum atomic E-state index is 12.9. The molecule has 11 heteroatoms. The maximum Gasteiger partial charge on any atom is 0.416 e. The molecule has 184 valence electrons. The van der Waals surface area contributed by atoms with Crippen LogP contribution in [0.3, 0.4) is 0 Å². The van der Waals surface area contributed by atoms with Crippen molar-refractivity contribution in [3.63, 3.8) is 0 Å². The second-order valence-electron chi connectivity index (χ2n) is 8.12. The molecule has 0 radical (unpaired) electrons. The number of benzene rings is 2. The van der Waals surface area contributed by atoms with Crippen LogP contribution in [0.5, 0.6) is 11.5 Å². The molecular formula is C24H23F3N4O4. The van der Waals surface area contributed by atoms with Gasteiger partial charge in [-0.25, -0.2) is 0 Å². The number of ether oxygens (including phenoxy) is 1. The van der Waals surface area contributed by atoms with Crippen LogP contribution in [0.25, 0.3) is 11.3 Å². The van der Waals surface area contributed by atoms with Crippen molar-refractivity contribution in [3.8, 4) is 22.8 Å². The van der Waals surface area contributed by atoms with Crippen LogP contribution in [0, 0.1) is 0 Å². The minimum atomic E-state index is -4.44. The lowest BCUT2D eigenvalue weighted by molar-refractivity contribution is -0.138. The molecule has 3 N–H and O–H groups in total. The molecule has 1 aliphatic heterocycles. The number of hydrogen-bond acceptors (Lipinski definition) is 5. The van der Waals surface area contributed by atoms with E-state index in [4.69, 9.17) is 4.74 Å². The van der Waals surface area contributed by atoms with E-state index in [0.29, 0.717) is 37.2 Å². The number of halogens is 3. The normalized spacial score (nSPS) is 14.5.